The molecule has 31 heavy (non-hydrogen) atoms. The monoisotopic (exact) mass is 433 g/mol. The molecule has 0 radical (unpaired) electrons. The second kappa shape index (κ2) is 10.4. The van der Waals surface area contributed by atoms with Gasteiger partial charge in [0, 0.05) is 24.3 Å². The highest BCUT2D eigenvalue weighted by Gasteiger charge is 2.34. The number of hydrogen-bond acceptors (Lipinski definition) is 4. The summed E-state index contributed by atoms with van der Waals surface area (Å²) in [5, 5.41) is 3.23. The molecule has 1 aliphatic rings. The number of carbonyl (C=O) groups excluding carboxylic acids is 2. The fourth-order valence-corrected chi connectivity index (χ4v) is 4.85. The predicted molar refractivity (Wildman–Crippen MR) is 123 cm³/mol. The lowest BCUT2D eigenvalue weighted by Gasteiger charge is -2.32. The first-order valence-electron chi connectivity index (χ1n) is 10.8. The molecule has 1 aromatic heterocycles. The number of nitrogens with zero attached hydrogens (tertiary/aromatic N) is 2. The van der Waals surface area contributed by atoms with E-state index >= 15 is 0 Å². The molecule has 0 saturated heterocycles. The third-order valence-electron chi connectivity index (χ3n) is 5.71. The molecule has 1 N–H and O–H groups in total. The molecular formula is C25H27N3O2S. The van der Waals surface area contributed by atoms with Crippen molar-refractivity contribution < 1.29 is 9.59 Å². The van der Waals surface area contributed by atoms with Crippen LogP contribution in [-0.2, 0) is 11.3 Å². The molecule has 6 heteroatoms. The molecule has 0 aliphatic heterocycles. The van der Waals surface area contributed by atoms with Crippen LogP contribution in [0.3, 0.4) is 0 Å². The molecule has 1 saturated carbocycles. The quantitative estimate of drug-likeness (QED) is 0.572. The lowest BCUT2D eigenvalue weighted by molar-refractivity contribution is -0.127. The lowest BCUT2D eigenvalue weighted by atomic mass is 9.95. The summed E-state index contributed by atoms with van der Waals surface area (Å²) in [5.41, 5.74) is 3.26. The number of nitrogens with one attached hydrogen (secondary N) is 1. The van der Waals surface area contributed by atoms with Crippen molar-refractivity contribution >= 4 is 23.2 Å². The Morgan fingerprint density at radius 1 is 1.00 bits per heavy atom. The second-order valence-electron chi connectivity index (χ2n) is 7.93. The Bertz CT molecular complexity index is 971. The van der Waals surface area contributed by atoms with Crippen LogP contribution in [0.5, 0.6) is 0 Å². The number of hydrogen-bond donors (Lipinski definition) is 1. The minimum absolute atomic E-state index is 0.128. The van der Waals surface area contributed by atoms with E-state index in [-0.39, 0.29) is 17.9 Å². The van der Waals surface area contributed by atoms with Crippen LogP contribution in [0.15, 0.2) is 72.4 Å². The van der Waals surface area contributed by atoms with Crippen molar-refractivity contribution in [3.05, 3.63) is 88.4 Å². The normalized spacial score (nSPS) is 15.2. The molecular weight excluding hydrogens is 406 g/mol. The predicted octanol–water partition coefficient (Wildman–Crippen LogP) is 4.98. The Labute approximate surface area is 187 Å². The summed E-state index contributed by atoms with van der Waals surface area (Å²) in [7, 11) is 0. The van der Waals surface area contributed by atoms with Gasteiger partial charge in [-0.05, 0) is 30.5 Å². The topological polar surface area (TPSA) is 62.3 Å². The van der Waals surface area contributed by atoms with Crippen LogP contribution < -0.4 is 5.32 Å². The van der Waals surface area contributed by atoms with Crippen molar-refractivity contribution in [3.63, 3.8) is 0 Å². The Morgan fingerprint density at radius 2 is 1.68 bits per heavy atom. The van der Waals surface area contributed by atoms with Gasteiger partial charge in [-0.3, -0.25) is 14.6 Å². The van der Waals surface area contributed by atoms with Crippen LogP contribution in [0.2, 0.25) is 0 Å². The van der Waals surface area contributed by atoms with Gasteiger partial charge in [0.15, 0.2) is 0 Å². The zero-order valence-electron chi connectivity index (χ0n) is 17.4. The molecule has 1 unspecified atom stereocenters. The highest BCUT2D eigenvalue weighted by molar-refractivity contribution is 7.09. The minimum Gasteiger partial charge on any atom is -0.351 e. The van der Waals surface area contributed by atoms with Crippen LogP contribution in [0.25, 0.3) is 0 Å². The third kappa shape index (κ3) is 5.39. The molecule has 3 aromatic rings. The summed E-state index contributed by atoms with van der Waals surface area (Å²) in [6, 6.07) is 18.4. The lowest BCUT2D eigenvalue weighted by Crippen LogP contribution is -2.46. The van der Waals surface area contributed by atoms with E-state index < -0.39 is 6.04 Å². The molecule has 1 aliphatic carbocycles. The number of carbonyl (C=O) groups is 2. The molecule has 2 aromatic carbocycles. The summed E-state index contributed by atoms with van der Waals surface area (Å²) >= 11 is 1.41. The van der Waals surface area contributed by atoms with E-state index in [4.69, 9.17) is 0 Å². The van der Waals surface area contributed by atoms with Gasteiger partial charge >= 0.3 is 0 Å². The number of rotatable bonds is 7. The van der Waals surface area contributed by atoms with E-state index in [9.17, 15) is 9.59 Å². The van der Waals surface area contributed by atoms with Crippen molar-refractivity contribution in [2.45, 2.75) is 50.7 Å². The van der Waals surface area contributed by atoms with Crippen molar-refractivity contribution in [1.29, 1.82) is 0 Å². The van der Waals surface area contributed by atoms with Gasteiger partial charge in [-0.1, -0.05) is 67.8 Å². The summed E-state index contributed by atoms with van der Waals surface area (Å²) < 4.78 is 0. The van der Waals surface area contributed by atoms with E-state index in [0.717, 1.165) is 36.1 Å². The van der Waals surface area contributed by atoms with Crippen LogP contribution >= 0.6 is 11.3 Å². The van der Waals surface area contributed by atoms with Gasteiger partial charge in [0.2, 0.25) is 5.91 Å². The molecule has 160 valence electrons. The third-order valence-corrected chi connectivity index (χ3v) is 6.54. The maximum Gasteiger partial charge on any atom is 0.255 e. The van der Waals surface area contributed by atoms with Crippen molar-refractivity contribution in [1.82, 2.24) is 15.2 Å². The largest absolute Gasteiger partial charge is 0.351 e. The average molecular weight is 434 g/mol. The van der Waals surface area contributed by atoms with Gasteiger partial charge in [-0.2, -0.15) is 0 Å². The van der Waals surface area contributed by atoms with Gasteiger partial charge in [-0.25, -0.2) is 0 Å². The summed E-state index contributed by atoms with van der Waals surface area (Å²) in [6.07, 6.45) is 7.17. The number of thiazole rings is 1. The number of aromatic nitrogens is 1. The van der Waals surface area contributed by atoms with Gasteiger partial charge in [0.25, 0.3) is 5.91 Å². The van der Waals surface area contributed by atoms with Crippen LogP contribution in [-0.4, -0.2) is 27.7 Å². The van der Waals surface area contributed by atoms with Crippen molar-refractivity contribution in [3.8, 4) is 0 Å². The fourth-order valence-electron chi connectivity index (χ4n) is 4.12. The highest BCUT2D eigenvalue weighted by atomic mass is 32.1. The average Bonchev–Trinajstić information content (AvgIpc) is 3.34. The molecule has 0 bridgehead atoms. The smallest absolute Gasteiger partial charge is 0.255 e. The first-order valence-corrected chi connectivity index (χ1v) is 11.7. The Balaban J connectivity index is 1.68. The van der Waals surface area contributed by atoms with Crippen LogP contribution in [0.4, 0.5) is 0 Å². The highest BCUT2D eigenvalue weighted by Crippen LogP contribution is 2.29. The Kier molecular flexibility index (Phi) is 7.10. The zero-order chi connectivity index (χ0) is 21.5. The van der Waals surface area contributed by atoms with E-state index in [0.29, 0.717) is 12.1 Å². The zero-order valence-corrected chi connectivity index (χ0v) is 18.3. The first kappa shape index (κ1) is 21.2. The maximum absolute atomic E-state index is 13.6. The van der Waals surface area contributed by atoms with E-state index in [1.165, 1.54) is 17.8 Å². The molecule has 1 atom stereocenters. The van der Waals surface area contributed by atoms with Gasteiger partial charge in [0.1, 0.15) is 6.04 Å². The maximum atomic E-state index is 13.6. The second-order valence-corrected chi connectivity index (χ2v) is 8.85. The molecule has 0 spiro atoms. The standard InChI is InChI=1S/C25H27N3O2S/c29-24(27-21-14-8-3-9-15-21)23(22-16-26-18-31-22)28(17-19-10-4-1-5-11-19)25(30)20-12-6-2-7-13-20/h1-2,4-7,10-13,16,18,21,23H,3,8-9,14-15,17H2,(H,27,29). The molecule has 2 amide bonds. The first-order chi connectivity index (χ1) is 15.2. The van der Waals surface area contributed by atoms with Gasteiger partial charge < -0.3 is 10.2 Å². The Hall–Kier alpha value is -2.99. The van der Waals surface area contributed by atoms with Gasteiger partial charge in [-0.15, -0.1) is 11.3 Å². The fraction of sp³-hybridized carbons (Fsp3) is 0.320. The molecule has 1 fully saturated rings. The summed E-state index contributed by atoms with van der Waals surface area (Å²) in [5.74, 6) is -0.294. The Morgan fingerprint density at radius 3 is 2.32 bits per heavy atom. The molecule has 5 nitrogen and oxygen atoms in total. The summed E-state index contributed by atoms with van der Waals surface area (Å²) in [4.78, 5) is 33.8. The van der Waals surface area contributed by atoms with E-state index in [2.05, 4.69) is 10.3 Å². The van der Waals surface area contributed by atoms with Crippen molar-refractivity contribution in [2.75, 3.05) is 0 Å². The number of amides is 2. The van der Waals surface area contributed by atoms with E-state index in [1.807, 2.05) is 48.5 Å². The van der Waals surface area contributed by atoms with Crippen molar-refractivity contribution in [2.24, 2.45) is 0 Å². The van der Waals surface area contributed by atoms with Crippen LogP contribution in [0, 0.1) is 0 Å². The van der Waals surface area contributed by atoms with Gasteiger partial charge in [0.05, 0.1) is 10.4 Å². The number of benzene rings is 2. The summed E-state index contributed by atoms with van der Waals surface area (Å²) in [6.45, 7) is 0.342. The minimum atomic E-state index is -0.720. The molecule has 4 rings (SSSR count). The molecule has 1 heterocycles. The SMILES string of the molecule is O=C(NC1CCCCC1)C(c1cncs1)N(Cc1ccccc1)C(=O)c1ccccc1. The van der Waals surface area contributed by atoms with E-state index in [1.54, 1.807) is 28.7 Å². The van der Waals surface area contributed by atoms with Crippen LogP contribution in [0.1, 0.15) is 58.9 Å².